The van der Waals surface area contributed by atoms with Crippen LogP contribution in [0.2, 0.25) is 0 Å². The van der Waals surface area contributed by atoms with E-state index in [4.69, 9.17) is 11.6 Å². The molecule has 1 saturated heterocycles. The van der Waals surface area contributed by atoms with Crippen molar-refractivity contribution in [3.63, 3.8) is 0 Å². The largest absolute Gasteiger partial charge is 0.336 e. The SMILES string of the molecule is Cc1cc(C(=O)N2CCCC2CCCCl)c(F)cc1F. The minimum atomic E-state index is -0.791. The molecule has 0 aliphatic carbocycles. The number of likely N-dealkylation sites (tertiary alicyclic amines) is 1. The Morgan fingerprint density at radius 3 is 2.85 bits per heavy atom. The van der Waals surface area contributed by atoms with Crippen molar-refractivity contribution in [3.05, 3.63) is 34.9 Å². The number of carbonyl (C=O) groups is 1. The maximum absolute atomic E-state index is 13.8. The van der Waals surface area contributed by atoms with Gasteiger partial charge in [0.2, 0.25) is 0 Å². The number of nitrogens with zero attached hydrogens (tertiary/aromatic N) is 1. The number of carbonyl (C=O) groups excluding carboxylic acids is 1. The van der Waals surface area contributed by atoms with Gasteiger partial charge in [0, 0.05) is 24.5 Å². The number of amides is 1. The van der Waals surface area contributed by atoms with Crippen LogP contribution in [-0.2, 0) is 0 Å². The summed E-state index contributed by atoms with van der Waals surface area (Å²) in [6.45, 7) is 2.15. The van der Waals surface area contributed by atoms with Crippen molar-refractivity contribution in [2.24, 2.45) is 0 Å². The molecule has 1 aliphatic heterocycles. The van der Waals surface area contributed by atoms with Crippen LogP contribution >= 0.6 is 11.6 Å². The number of halogens is 3. The van der Waals surface area contributed by atoms with Gasteiger partial charge in [-0.25, -0.2) is 8.78 Å². The molecule has 1 aromatic rings. The first kappa shape index (κ1) is 15.2. The lowest BCUT2D eigenvalue weighted by molar-refractivity contribution is 0.0725. The van der Waals surface area contributed by atoms with Crippen LogP contribution in [0.15, 0.2) is 12.1 Å². The zero-order chi connectivity index (χ0) is 14.7. The Kier molecular flexibility index (Phi) is 4.97. The highest BCUT2D eigenvalue weighted by Crippen LogP contribution is 2.25. The van der Waals surface area contributed by atoms with Crippen molar-refractivity contribution in [2.75, 3.05) is 12.4 Å². The highest BCUT2D eigenvalue weighted by molar-refractivity contribution is 6.17. The average molecular weight is 302 g/mol. The molecule has 2 nitrogen and oxygen atoms in total. The molecule has 1 fully saturated rings. The van der Waals surface area contributed by atoms with Crippen LogP contribution in [0.1, 0.15) is 41.6 Å². The van der Waals surface area contributed by atoms with Crippen molar-refractivity contribution in [2.45, 2.75) is 38.6 Å². The molecule has 0 spiro atoms. The van der Waals surface area contributed by atoms with E-state index >= 15 is 0 Å². The molecular formula is C15H18ClF2NO. The molecule has 1 heterocycles. The van der Waals surface area contributed by atoms with Crippen molar-refractivity contribution >= 4 is 17.5 Å². The van der Waals surface area contributed by atoms with Crippen molar-refractivity contribution in [1.82, 2.24) is 4.90 Å². The summed E-state index contributed by atoms with van der Waals surface area (Å²) in [6.07, 6.45) is 3.50. The van der Waals surface area contributed by atoms with E-state index in [1.807, 2.05) is 0 Å². The van der Waals surface area contributed by atoms with Crippen LogP contribution < -0.4 is 0 Å². The maximum atomic E-state index is 13.8. The zero-order valence-electron chi connectivity index (χ0n) is 11.5. The van der Waals surface area contributed by atoms with E-state index in [9.17, 15) is 13.6 Å². The molecule has 1 amide bonds. The van der Waals surface area contributed by atoms with E-state index in [1.165, 1.54) is 13.0 Å². The van der Waals surface area contributed by atoms with E-state index in [2.05, 4.69) is 0 Å². The average Bonchev–Trinajstić information content (AvgIpc) is 2.88. The molecule has 5 heteroatoms. The monoisotopic (exact) mass is 301 g/mol. The van der Waals surface area contributed by atoms with Crippen molar-refractivity contribution in [3.8, 4) is 0 Å². The summed E-state index contributed by atoms with van der Waals surface area (Å²) in [7, 11) is 0. The number of rotatable bonds is 4. The van der Waals surface area contributed by atoms with E-state index in [-0.39, 0.29) is 23.1 Å². The third kappa shape index (κ3) is 3.11. The molecule has 1 unspecified atom stereocenters. The Bertz CT molecular complexity index is 507. The molecule has 20 heavy (non-hydrogen) atoms. The third-order valence-electron chi connectivity index (χ3n) is 3.79. The van der Waals surface area contributed by atoms with Gasteiger partial charge in [-0.3, -0.25) is 4.79 Å². The van der Waals surface area contributed by atoms with Crippen LogP contribution in [-0.4, -0.2) is 29.3 Å². The second-order valence-corrected chi connectivity index (χ2v) is 5.59. The van der Waals surface area contributed by atoms with E-state index in [0.717, 1.165) is 31.7 Å². The van der Waals surface area contributed by atoms with Crippen LogP contribution in [0.3, 0.4) is 0 Å². The van der Waals surface area contributed by atoms with Gasteiger partial charge in [-0.2, -0.15) is 0 Å². The molecule has 0 bridgehead atoms. The molecular weight excluding hydrogens is 284 g/mol. The Morgan fingerprint density at radius 1 is 1.40 bits per heavy atom. The number of benzene rings is 1. The summed E-state index contributed by atoms with van der Waals surface area (Å²) < 4.78 is 27.1. The summed E-state index contributed by atoms with van der Waals surface area (Å²) in [5, 5.41) is 0. The van der Waals surface area contributed by atoms with E-state index in [1.54, 1.807) is 4.90 Å². The minimum absolute atomic E-state index is 0.0401. The highest BCUT2D eigenvalue weighted by Gasteiger charge is 2.30. The predicted molar refractivity (Wildman–Crippen MR) is 75.1 cm³/mol. The maximum Gasteiger partial charge on any atom is 0.257 e. The highest BCUT2D eigenvalue weighted by atomic mass is 35.5. The Hall–Kier alpha value is -1.16. The lowest BCUT2D eigenvalue weighted by Crippen LogP contribution is -2.36. The van der Waals surface area contributed by atoms with Gasteiger partial charge in [0.05, 0.1) is 5.56 Å². The Morgan fingerprint density at radius 2 is 2.15 bits per heavy atom. The molecule has 0 saturated carbocycles. The van der Waals surface area contributed by atoms with Gasteiger partial charge in [-0.1, -0.05) is 0 Å². The second-order valence-electron chi connectivity index (χ2n) is 5.21. The summed E-state index contributed by atoms with van der Waals surface area (Å²) in [5.74, 6) is -1.20. The number of aryl methyl sites for hydroxylation is 1. The first-order valence-corrected chi connectivity index (χ1v) is 7.40. The summed E-state index contributed by atoms with van der Waals surface area (Å²) in [4.78, 5) is 14.1. The summed E-state index contributed by atoms with van der Waals surface area (Å²) in [5.41, 5.74) is 0.243. The molecule has 0 N–H and O–H groups in total. The molecule has 110 valence electrons. The first-order chi connectivity index (χ1) is 9.54. The molecule has 1 aliphatic rings. The quantitative estimate of drug-likeness (QED) is 0.773. The van der Waals surface area contributed by atoms with Gasteiger partial charge >= 0.3 is 0 Å². The first-order valence-electron chi connectivity index (χ1n) is 6.87. The predicted octanol–water partition coefficient (Wildman–Crippen LogP) is 3.90. The van der Waals surface area contributed by atoms with Gasteiger partial charge < -0.3 is 4.90 Å². The zero-order valence-corrected chi connectivity index (χ0v) is 12.2. The Balaban J connectivity index is 2.20. The van der Waals surface area contributed by atoms with Crippen LogP contribution in [0, 0.1) is 18.6 Å². The molecule has 0 radical (unpaired) electrons. The van der Waals surface area contributed by atoms with Crippen molar-refractivity contribution < 1.29 is 13.6 Å². The fourth-order valence-corrected chi connectivity index (χ4v) is 2.85. The molecule has 0 aromatic heterocycles. The number of hydrogen-bond acceptors (Lipinski definition) is 1. The van der Waals surface area contributed by atoms with Gasteiger partial charge in [0.1, 0.15) is 11.6 Å². The van der Waals surface area contributed by atoms with Gasteiger partial charge in [-0.15, -0.1) is 11.6 Å². The summed E-state index contributed by atoms with van der Waals surface area (Å²) in [6, 6.07) is 2.20. The van der Waals surface area contributed by atoms with Gasteiger partial charge in [-0.05, 0) is 44.2 Å². The van der Waals surface area contributed by atoms with Gasteiger partial charge in [0.15, 0.2) is 0 Å². The van der Waals surface area contributed by atoms with Crippen LogP contribution in [0.4, 0.5) is 8.78 Å². The van der Waals surface area contributed by atoms with E-state index < -0.39 is 11.6 Å². The standard InChI is InChI=1S/C15H18ClF2NO/c1-10-8-12(14(18)9-13(10)17)15(20)19-7-3-5-11(19)4-2-6-16/h8-9,11H,2-7H2,1H3. The molecule has 2 rings (SSSR count). The molecule has 1 atom stereocenters. The Labute approximate surface area is 122 Å². The topological polar surface area (TPSA) is 20.3 Å². The van der Waals surface area contributed by atoms with Crippen LogP contribution in [0.25, 0.3) is 0 Å². The van der Waals surface area contributed by atoms with E-state index in [0.29, 0.717) is 12.4 Å². The van der Waals surface area contributed by atoms with Crippen molar-refractivity contribution in [1.29, 1.82) is 0 Å². The normalized spacial score (nSPS) is 18.6. The van der Waals surface area contributed by atoms with Gasteiger partial charge in [0.25, 0.3) is 5.91 Å². The number of alkyl halides is 1. The molecule has 1 aromatic carbocycles. The number of hydrogen-bond donors (Lipinski definition) is 0. The third-order valence-corrected chi connectivity index (χ3v) is 4.05. The second kappa shape index (κ2) is 6.53. The lowest BCUT2D eigenvalue weighted by Gasteiger charge is -2.25. The van der Waals surface area contributed by atoms with Crippen LogP contribution in [0.5, 0.6) is 0 Å². The lowest BCUT2D eigenvalue weighted by atomic mass is 10.1. The smallest absolute Gasteiger partial charge is 0.257 e. The fraction of sp³-hybridized carbons (Fsp3) is 0.533. The fourth-order valence-electron chi connectivity index (χ4n) is 2.69. The summed E-state index contributed by atoms with van der Waals surface area (Å²) >= 11 is 5.68. The minimum Gasteiger partial charge on any atom is -0.336 e.